The summed E-state index contributed by atoms with van der Waals surface area (Å²) in [4.78, 5) is 11.6. The molecule has 1 aromatic carbocycles. The first-order valence-electron chi connectivity index (χ1n) is 5.30. The molecule has 0 radical (unpaired) electrons. The maximum absolute atomic E-state index is 11.6. The van der Waals surface area contributed by atoms with Crippen LogP contribution in [0.3, 0.4) is 0 Å². The van der Waals surface area contributed by atoms with Gasteiger partial charge in [0.1, 0.15) is 12.4 Å². The van der Waals surface area contributed by atoms with E-state index in [2.05, 4.69) is 0 Å². The lowest BCUT2D eigenvalue weighted by molar-refractivity contribution is 0.0525. The Bertz CT molecular complexity index is 369. The Morgan fingerprint density at radius 3 is 2.71 bits per heavy atom. The minimum Gasteiger partial charge on any atom is -0.492 e. The van der Waals surface area contributed by atoms with E-state index in [1.807, 2.05) is 13.0 Å². The maximum atomic E-state index is 11.6. The van der Waals surface area contributed by atoms with Crippen molar-refractivity contribution in [2.45, 2.75) is 13.8 Å². The summed E-state index contributed by atoms with van der Waals surface area (Å²) in [6.45, 7) is 4.86. The highest BCUT2D eigenvalue weighted by Crippen LogP contribution is 2.21. The highest BCUT2D eigenvalue weighted by Gasteiger charge is 2.12. The number of esters is 1. The number of hydrogen-bond donors (Lipinski definition) is 1. The predicted molar refractivity (Wildman–Crippen MR) is 68.9 cm³/mol. The molecule has 2 N–H and O–H groups in total. The zero-order valence-electron chi connectivity index (χ0n) is 10.1. The molecule has 17 heavy (non-hydrogen) atoms. The minimum atomic E-state index is -0.321. The summed E-state index contributed by atoms with van der Waals surface area (Å²) in [6, 6.07) is 5.31. The molecule has 1 rings (SSSR count). The normalized spacial score (nSPS) is 9.35. The molecule has 0 fully saturated rings. The van der Waals surface area contributed by atoms with Crippen LogP contribution in [0.2, 0.25) is 0 Å². The van der Waals surface area contributed by atoms with E-state index in [0.29, 0.717) is 31.1 Å². The molecule has 0 aliphatic heterocycles. The van der Waals surface area contributed by atoms with Gasteiger partial charge in [-0.15, -0.1) is 12.4 Å². The third-order valence-corrected chi connectivity index (χ3v) is 2.15. The fourth-order valence-corrected chi connectivity index (χ4v) is 1.37. The number of halogens is 1. The van der Waals surface area contributed by atoms with Gasteiger partial charge in [0, 0.05) is 12.1 Å². The minimum absolute atomic E-state index is 0. The van der Waals surface area contributed by atoms with Gasteiger partial charge in [-0.25, -0.2) is 4.79 Å². The molecule has 0 bridgehead atoms. The van der Waals surface area contributed by atoms with Crippen LogP contribution < -0.4 is 10.5 Å². The Balaban J connectivity index is 0.00000256. The molecular weight excluding hydrogens is 242 g/mol. The van der Waals surface area contributed by atoms with Crippen LogP contribution >= 0.6 is 12.4 Å². The maximum Gasteiger partial charge on any atom is 0.338 e. The van der Waals surface area contributed by atoms with Crippen molar-refractivity contribution in [3.8, 4) is 5.75 Å². The van der Waals surface area contributed by atoms with E-state index in [-0.39, 0.29) is 18.4 Å². The number of carbonyl (C=O) groups is 1. The monoisotopic (exact) mass is 259 g/mol. The van der Waals surface area contributed by atoms with Crippen molar-refractivity contribution in [2.75, 3.05) is 19.8 Å². The summed E-state index contributed by atoms with van der Waals surface area (Å²) in [5.41, 5.74) is 6.68. The standard InChI is InChI=1S/C12H17NO3.ClH/c1-3-15-12(14)10-5-4-6-11(9(10)2)16-8-7-13;/h4-6H,3,7-8,13H2,1-2H3;1H. The second-order valence-corrected chi connectivity index (χ2v) is 3.29. The Hall–Kier alpha value is -1.26. The smallest absolute Gasteiger partial charge is 0.338 e. The van der Waals surface area contributed by atoms with Crippen molar-refractivity contribution in [3.63, 3.8) is 0 Å². The molecule has 1 aromatic rings. The first kappa shape index (κ1) is 15.7. The third kappa shape index (κ3) is 4.24. The summed E-state index contributed by atoms with van der Waals surface area (Å²) >= 11 is 0. The van der Waals surface area contributed by atoms with Gasteiger partial charge in [0.05, 0.1) is 12.2 Å². The number of rotatable bonds is 5. The zero-order chi connectivity index (χ0) is 12.0. The Morgan fingerprint density at radius 1 is 1.41 bits per heavy atom. The highest BCUT2D eigenvalue weighted by molar-refractivity contribution is 5.91. The number of carbonyl (C=O) groups excluding carboxylic acids is 1. The van der Waals surface area contributed by atoms with Crippen molar-refractivity contribution in [1.82, 2.24) is 0 Å². The molecule has 5 heteroatoms. The number of ether oxygens (including phenoxy) is 2. The van der Waals surface area contributed by atoms with Crippen LogP contribution in [0.15, 0.2) is 18.2 Å². The average molecular weight is 260 g/mol. The summed E-state index contributed by atoms with van der Waals surface area (Å²) in [7, 11) is 0. The Morgan fingerprint density at radius 2 is 2.12 bits per heavy atom. The third-order valence-electron chi connectivity index (χ3n) is 2.15. The van der Waals surface area contributed by atoms with Crippen LogP contribution in [0.5, 0.6) is 5.75 Å². The van der Waals surface area contributed by atoms with Crippen molar-refractivity contribution in [3.05, 3.63) is 29.3 Å². The fourth-order valence-electron chi connectivity index (χ4n) is 1.37. The summed E-state index contributed by atoms with van der Waals surface area (Å²) in [6.07, 6.45) is 0. The molecule has 96 valence electrons. The topological polar surface area (TPSA) is 61.5 Å². The number of hydrogen-bond acceptors (Lipinski definition) is 4. The van der Waals surface area contributed by atoms with Crippen molar-refractivity contribution in [2.24, 2.45) is 5.73 Å². The predicted octanol–water partition coefficient (Wildman–Crippen LogP) is 1.93. The van der Waals surface area contributed by atoms with Gasteiger partial charge in [-0.2, -0.15) is 0 Å². The van der Waals surface area contributed by atoms with Gasteiger partial charge in [0.15, 0.2) is 0 Å². The Kier molecular flexibility index (Phi) is 7.34. The van der Waals surface area contributed by atoms with Gasteiger partial charge in [-0.05, 0) is 26.0 Å². The summed E-state index contributed by atoms with van der Waals surface area (Å²) in [5.74, 6) is 0.356. The van der Waals surface area contributed by atoms with Gasteiger partial charge >= 0.3 is 5.97 Å². The van der Waals surface area contributed by atoms with E-state index in [1.165, 1.54) is 0 Å². The van der Waals surface area contributed by atoms with E-state index in [1.54, 1.807) is 19.1 Å². The van der Waals surface area contributed by atoms with Crippen LogP contribution in [0, 0.1) is 6.92 Å². The first-order valence-corrected chi connectivity index (χ1v) is 5.30. The molecule has 4 nitrogen and oxygen atoms in total. The quantitative estimate of drug-likeness (QED) is 0.821. The van der Waals surface area contributed by atoms with Crippen molar-refractivity contribution in [1.29, 1.82) is 0 Å². The van der Waals surface area contributed by atoms with Crippen molar-refractivity contribution < 1.29 is 14.3 Å². The largest absolute Gasteiger partial charge is 0.492 e. The molecule has 0 saturated carbocycles. The Labute approximate surface area is 108 Å². The SMILES string of the molecule is CCOC(=O)c1cccc(OCCN)c1C.Cl. The van der Waals surface area contributed by atoms with Crippen molar-refractivity contribution >= 4 is 18.4 Å². The van der Waals surface area contributed by atoms with Gasteiger partial charge < -0.3 is 15.2 Å². The molecule has 0 aliphatic rings. The molecule has 0 atom stereocenters. The molecule has 0 amide bonds. The summed E-state index contributed by atoms with van der Waals surface area (Å²) < 4.78 is 10.4. The molecule has 0 saturated heterocycles. The number of benzene rings is 1. The molecule has 0 aromatic heterocycles. The van der Waals surface area contributed by atoms with Gasteiger partial charge in [0.25, 0.3) is 0 Å². The van der Waals surface area contributed by atoms with E-state index in [9.17, 15) is 4.79 Å². The average Bonchev–Trinajstić information content (AvgIpc) is 2.28. The van der Waals surface area contributed by atoms with Crippen LogP contribution in [0.25, 0.3) is 0 Å². The van der Waals surface area contributed by atoms with E-state index in [0.717, 1.165) is 5.56 Å². The molecule has 0 heterocycles. The molecule has 0 aliphatic carbocycles. The lowest BCUT2D eigenvalue weighted by Crippen LogP contribution is -2.12. The van der Waals surface area contributed by atoms with Crippen LogP contribution in [0.4, 0.5) is 0 Å². The molecule has 0 spiro atoms. The van der Waals surface area contributed by atoms with Crippen LogP contribution in [-0.2, 0) is 4.74 Å². The van der Waals surface area contributed by atoms with E-state index < -0.39 is 0 Å². The summed E-state index contributed by atoms with van der Waals surface area (Å²) in [5, 5.41) is 0. The van der Waals surface area contributed by atoms with Gasteiger partial charge in [-0.1, -0.05) is 6.07 Å². The highest BCUT2D eigenvalue weighted by atomic mass is 35.5. The second-order valence-electron chi connectivity index (χ2n) is 3.29. The fraction of sp³-hybridized carbons (Fsp3) is 0.417. The van der Waals surface area contributed by atoms with Crippen LogP contribution in [0.1, 0.15) is 22.8 Å². The van der Waals surface area contributed by atoms with Gasteiger partial charge in [0.2, 0.25) is 0 Å². The van der Waals surface area contributed by atoms with Crippen LogP contribution in [-0.4, -0.2) is 25.7 Å². The molecular formula is C12H18ClNO3. The molecule has 0 unspecified atom stereocenters. The van der Waals surface area contributed by atoms with E-state index >= 15 is 0 Å². The lowest BCUT2D eigenvalue weighted by Gasteiger charge is -2.11. The van der Waals surface area contributed by atoms with E-state index in [4.69, 9.17) is 15.2 Å². The number of nitrogens with two attached hydrogens (primary N) is 1. The lowest BCUT2D eigenvalue weighted by atomic mass is 10.1. The first-order chi connectivity index (χ1) is 7.70. The zero-order valence-corrected chi connectivity index (χ0v) is 10.9. The van der Waals surface area contributed by atoms with Gasteiger partial charge in [-0.3, -0.25) is 0 Å². The second kappa shape index (κ2) is 7.92.